The maximum absolute atomic E-state index is 13.1. The molecule has 7 nitrogen and oxygen atoms in total. The van der Waals surface area contributed by atoms with Gasteiger partial charge in [0.25, 0.3) is 5.91 Å². The van der Waals surface area contributed by atoms with Crippen molar-refractivity contribution in [2.75, 3.05) is 18.5 Å². The molecule has 1 heterocycles. The van der Waals surface area contributed by atoms with Crippen LogP contribution in [0.5, 0.6) is 0 Å². The summed E-state index contributed by atoms with van der Waals surface area (Å²) in [6.45, 7) is 1.56. The molecule has 0 aliphatic carbocycles. The minimum absolute atomic E-state index is 0.129. The number of halogens is 1. The van der Waals surface area contributed by atoms with Gasteiger partial charge in [0.15, 0.2) is 6.61 Å². The Kier molecular flexibility index (Phi) is 7.12. The number of para-hydroxylation sites is 1. The number of amides is 1. The van der Waals surface area contributed by atoms with Gasteiger partial charge < -0.3 is 10.1 Å². The van der Waals surface area contributed by atoms with E-state index in [4.69, 9.17) is 16.3 Å². The number of esters is 1. The van der Waals surface area contributed by atoms with E-state index in [1.807, 2.05) is 6.92 Å². The van der Waals surface area contributed by atoms with Gasteiger partial charge in [0.05, 0.1) is 15.6 Å². The van der Waals surface area contributed by atoms with E-state index in [0.29, 0.717) is 30.0 Å². The number of nitrogens with zero attached hydrogens (tertiary/aromatic N) is 1. The van der Waals surface area contributed by atoms with Crippen molar-refractivity contribution in [1.82, 2.24) is 4.31 Å². The first kappa shape index (κ1) is 22.3. The fourth-order valence-electron chi connectivity index (χ4n) is 3.26. The largest absolute Gasteiger partial charge is 0.454 e. The number of rotatable bonds is 6. The van der Waals surface area contributed by atoms with E-state index >= 15 is 0 Å². The Morgan fingerprint density at radius 1 is 1.13 bits per heavy atom. The first-order chi connectivity index (χ1) is 14.3. The lowest BCUT2D eigenvalue weighted by Crippen LogP contribution is -2.48. The SMILES string of the molecule is Cc1ccc(S(=O)(=O)N2CCCCC2C(=O)OCC(=O)Nc2ccccc2Cl)cc1. The van der Waals surface area contributed by atoms with Gasteiger partial charge in [0.2, 0.25) is 10.0 Å². The number of anilines is 1. The van der Waals surface area contributed by atoms with Crippen LogP contribution in [0, 0.1) is 6.92 Å². The minimum atomic E-state index is -3.85. The second-order valence-corrected chi connectivity index (χ2v) is 9.37. The fourth-order valence-corrected chi connectivity index (χ4v) is 5.09. The van der Waals surface area contributed by atoms with Crippen molar-refractivity contribution < 1.29 is 22.7 Å². The Bertz CT molecular complexity index is 1020. The lowest BCUT2D eigenvalue weighted by atomic mass is 10.1. The average molecular weight is 451 g/mol. The lowest BCUT2D eigenvalue weighted by molar-refractivity contribution is -0.152. The van der Waals surface area contributed by atoms with Gasteiger partial charge >= 0.3 is 5.97 Å². The first-order valence-corrected chi connectivity index (χ1v) is 11.4. The van der Waals surface area contributed by atoms with Crippen molar-refractivity contribution in [2.45, 2.75) is 37.1 Å². The zero-order valence-corrected chi connectivity index (χ0v) is 18.1. The standard InChI is InChI=1S/C21H23ClN2O5S/c1-15-9-11-16(12-10-15)30(27,28)24-13-5-4-8-19(24)21(26)29-14-20(25)23-18-7-3-2-6-17(18)22/h2-3,6-7,9-12,19H,4-5,8,13-14H2,1H3,(H,23,25). The Labute approximate surface area is 181 Å². The lowest BCUT2D eigenvalue weighted by Gasteiger charge is -2.33. The van der Waals surface area contributed by atoms with Gasteiger partial charge in [-0.05, 0) is 50.5 Å². The van der Waals surface area contributed by atoms with Crippen molar-refractivity contribution in [3.8, 4) is 0 Å². The summed E-state index contributed by atoms with van der Waals surface area (Å²) in [6.07, 6.45) is 1.70. The molecule has 1 N–H and O–H groups in total. The highest BCUT2D eigenvalue weighted by Crippen LogP contribution is 2.26. The summed E-state index contributed by atoms with van der Waals surface area (Å²) in [5.41, 5.74) is 1.34. The smallest absolute Gasteiger partial charge is 0.324 e. The van der Waals surface area contributed by atoms with Crippen molar-refractivity contribution >= 4 is 39.2 Å². The molecular formula is C21H23ClN2O5S. The van der Waals surface area contributed by atoms with Crippen molar-refractivity contribution in [1.29, 1.82) is 0 Å². The number of aryl methyl sites for hydroxylation is 1. The van der Waals surface area contributed by atoms with Crippen LogP contribution in [0.1, 0.15) is 24.8 Å². The molecule has 1 aliphatic heterocycles. The zero-order valence-electron chi connectivity index (χ0n) is 16.5. The molecule has 1 saturated heterocycles. The van der Waals surface area contributed by atoms with Crippen LogP contribution < -0.4 is 5.32 Å². The molecule has 9 heteroatoms. The molecule has 1 atom stereocenters. The summed E-state index contributed by atoms with van der Waals surface area (Å²) < 4.78 is 32.4. The summed E-state index contributed by atoms with van der Waals surface area (Å²) in [7, 11) is -3.85. The average Bonchev–Trinajstić information content (AvgIpc) is 2.74. The van der Waals surface area contributed by atoms with Gasteiger partial charge in [-0.3, -0.25) is 9.59 Å². The summed E-state index contributed by atoms with van der Waals surface area (Å²) >= 11 is 5.99. The predicted molar refractivity (Wildman–Crippen MR) is 114 cm³/mol. The van der Waals surface area contributed by atoms with Gasteiger partial charge in [-0.25, -0.2) is 8.42 Å². The van der Waals surface area contributed by atoms with Crippen molar-refractivity contribution in [2.24, 2.45) is 0 Å². The molecule has 160 valence electrons. The topological polar surface area (TPSA) is 92.8 Å². The molecule has 2 aromatic carbocycles. The Morgan fingerprint density at radius 3 is 2.53 bits per heavy atom. The van der Waals surface area contributed by atoms with Crippen LogP contribution in [0.4, 0.5) is 5.69 Å². The summed E-state index contributed by atoms with van der Waals surface area (Å²) in [5.74, 6) is -1.29. The molecule has 2 aromatic rings. The van der Waals surface area contributed by atoms with Crippen LogP contribution in [0.2, 0.25) is 5.02 Å². The number of ether oxygens (including phenoxy) is 1. The van der Waals surface area contributed by atoms with Gasteiger partial charge in [-0.1, -0.05) is 41.4 Å². The number of sulfonamides is 1. The van der Waals surface area contributed by atoms with E-state index in [1.165, 1.54) is 16.4 Å². The molecule has 0 saturated carbocycles. The van der Waals surface area contributed by atoms with E-state index in [2.05, 4.69) is 5.32 Å². The van der Waals surface area contributed by atoms with E-state index in [0.717, 1.165) is 5.56 Å². The molecule has 1 unspecified atom stereocenters. The third-order valence-corrected chi connectivity index (χ3v) is 7.10. The van der Waals surface area contributed by atoms with E-state index < -0.39 is 34.5 Å². The Morgan fingerprint density at radius 2 is 1.83 bits per heavy atom. The summed E-state index contributed by atoms with van der Waals surface area (Å²) in [6, 6.07) is 12.2. The highest BCUT2D eigenvalue weighted by Gasteiger charge is 2.38. The Hall–Kier alpha value is -2.42. The van der Waals surface area contributed by atoms with Gasteiger partial charge in [0, 0.05) is 6.54 Å². The van der Waals surface area contributed by atoms with E-state index in [1.54, 1.807) is 36.4 Å². The van der Waals surface area contributed by atoms with Crippen LogP contribution in [-0.2, 0) is 24.3 Å². The number of carbonyl (C=O) groups excluding carboxylic acids is 2. The maximum atomic E-state index is 13.1. The Balaban J connectivity index is 1.67. The van der Waals surface area contributed by atoms with Gasteiger partial charge in [-0.15, -0.1) is 0 Å². The van der Waals surface area contributed by atoms with Crippen molar-refractivity contribution in [3.05, 3.63) is 59.1 Å². The normalized spacial score (nSPS) is 17.3. The first-order valence-electron chi connectivity index (χ1n) is 9.58. The maximum Gasteiger partial charge on any atom is 0.324 e. The fraction of sp³-hybridized carbons (Fsp3) is 0.333. The van der Waals surface area contributed by atoms with Crippen LogP contribution in [0.15, 0.2) is 53.4 Å². The second kappa shape index (κ2) is 9.59. The van der Waals surface area contributed by atoms with E-state index in [-0.39, 0.29) is 11.4 Å². The molecule has 3 rings (SSSR count). The monoisotopic (exact) mass is 450 g/mol. The van der Waals surface area contributed by atoms with Crippen LogP contribution in [0.25, 0.3) is 0 Å². The molecule has 0 bridgehead atoms. The van der Waals surface area contributed by atoms with Crippen LogP contribution >= 0.6 is 11.6 Å². The van der Waals surface area contributed by atoms with Gasteiger partial charge in [-0.2, -0.15) is 4.31 Å². The highest BCUT2D eigenvalue weighted by molar-refractivity contribution is 7.89. The summed E-state index contributed by atoms with van der Waals surface area (Å²) in [5, 5.41) is 2.92. The number of nitrogens with one attached hydrogen (secondary N) is 1. The van der Waals surface area contributed by atoms with Gasteiger partial charge in [0.1, 0.15) is 6.04 Å². The molecule has 1 amide bonds. The molecule has 0 spiro atoms. The molecule has 0 aromatic heterocycles. The van der Waals surface area contributed by atoms with Crippen LogP contribution in [0.3, 0.4) is 0 Å². The quantitative estimate of drug-likeness (QED) is 0.681. The molecule has 0 radical (unpaired) electrons. The van der Waals surface area contributed by atoms with Crippen molar-refractivity contribution in [3.63, 3.8) is 0 Å². The number of carbonyl (C=O) groups is 2. The third kappa shape index (κ3) is 5.19. The predicted octanol–water partition coefficient (Wildman–Crippen LogP) is 3.37. The number of hydrogen-bond acceptors (Lipinski definition) is 5. The number of hydrogen-bond donors (Lipinski definition) is 1. The molecular weight excluding hydrogens is 428 g/mol. The molecule has 1 fully saturated rings. The highest BCUT2D eigenvalue weighted by atomic mass is 35.5. The third-order valence-electron chi connectivity index (χ3n) is 4.85. The molecule has 1 aliphatic rings. The minimum Gasteiger partial charge on any atom is -0.454 e. The second-order valence-electron chi connectivity index (χ2n) is 7.08. The van der Waals surface area contributed by atoms with Crippen LogP contribution in [-0.4, -0.2) is 43.8 Å². The molecule has 30 heavy (non-hydrogen) atoms. The van der Waals surface area contributed by atoms with E-state index in [9.17, 15) is 18.0 Å². The number of piperidine rings is 1. The summed E-state index contributed by atoms with van der Waals surface area (Å²) in [4.78, 5) is 24.9. The zero-order chi connectivity index (χ0) is 21.7. The number of benzene rings is 2.